The van der Waals surface area contributed by atoms with Crippen LogP contribution in [0.3, 0.4) is 0 Å². The second-order valence-electron chi connectivity index (χ2n) is 7.39. The Kier molecular flexibility index (Phi) is 8.23. The van der Waals surface area contributed by atoms with Crippen molar-refractivity contribution in [3.8, 4) is 5.75 Å². The van der Waals surface area contributed by atoms with Gasteiger partial charge in [0.15, 0.2) is 0 Å². The van der Waals surface area contributed by atoms with Gasteiger partial charge in [-0.25, -0.2) is 12.8 Å². The highest BCUT2D eigenvalue weighted by atomic mass is 32.2. The molecule has 2 aromatic rings. The van der Waals surface area contributed by atoms with Crippen LogP contribution in [-0.4, -0.2) is 39.3 Å². The van der Waals surface area contributed by atoms with E-state index >= 15 is 0 Å². The Morgan fingerprint density at radius 2 is 1.83 bits per heavy atom. The van der Waals surface area contributed by atoms with E-state index in [1.54, 1.807) is 0 Å². The summed E-state index contributed by atoms with van der Waals surface area (Å²) in [6.07, 6.45) is 2.44. The van der Waals surface area contributed by atoms with Crippen LogP contribution in [0.2, 0.25) is 0 Å². The molecule has 0 unspecified atom stereocenters. The lowest BCUT2D eigenvalue weighted by Crippen LogP contribution is -2.48. The zero-order chi connectivity index (χ0) is 22.3. The highest BCUT2D eigenvalue weighted by molar-refractivity contribution is 7.92. The minimum Gasteiger partial charge on any atom is -0.491 e. The smallest absolute Gasteiger partial charge is 0.243 e. The van der Waals surface area contributed by atoms with E-state index < -0.39 is 27.8 Å². The number of sulfonamides is 1. The molecule has 0 heterocycles. The van der Waals surface area contributed by atoms with Crippen LogP contribution in [0.5, 0.6) is 5.75 Å². The first-order chi connectivity index (χ1) is 14.1. The number of amides is 1. The van der Waals surface area contributed by atoms with Crippen molar-refractivity contribution >= 4 is 21.6 Å². The fourth-order valence-corrected chi connectivity index (χ4v) is 4.29. The molecule has 0 saturated carbocycles. The molecule has 2 rings (SSSR count). The molecule has 8 heteroatoms. The number of para-hydroxylation sites is 1. The van der Waals surface area contributed by atoms with E-state index in [1.807, 2.05) is 38.1 Å². The van der Waals surface area contributed by atoms with E-state index in [2.05, 4.69) is 5.32 Å². The third kappa shape index (κ3) is 6.73. The van der Waals surface area contributed by atoms with Gasteiger partial charge in [-0.1, -0.05) is 24.3 Å². The summed E-state index contributed by atoms with van der Waals surface area (Å²) in [4.78, 5) is 12.5. The average molecular weight is 437 g/mol. The van der Waals surface area contributed by atoms with E-state index in [1.165, 1.54) is 25.1 Å². The number of hydrogen-bond donors (Lipinski definition) is 1. The zero-order valence-corrected chi connectivity index (χ0v) is 18.6. The van der Waals surface area contributed by atoms with Gasteiger partial charge in [0.1, 0.15) is 17.6 Å². The molecule has 0 aliphatic carbocycles. The minimum absolute atomic E-state index is 0.0910. The summed E-state index contributed by atoms with van der Waals surface area (Å²) in [5.41, 5.74) is 0.934. The van der Waals surface area contributed by atoms with Gasteiger partial charge in [-0.05, 0) is 63.4 Å². The maximum absolute atomic E-state index is 14.2. The summed E-state index contributed by atoms with van der Waals surface area (Å²) in [6, 6.07) is 12.2. The van der Waals surface area contributed by atoms with Crippen LogP contribution in [0, 0.1) is 5.82 Å². The molecule has 30 heavy (non-hydrogen) atoms. The number of benzene rings is 2. The average Bonchev–Trinajstić information content (AvgIpc) is 2.65. The van der Waals surface area contributed by atoms with Crippen molar-refractivity contribution in [3.63, 3.8) is 0 Å². The fraction of sp³-hybridized carbons (Fsp3) is 0.409. The van der Waals surface area contributed by atoms with E-state index in [9.17, 15) is 17.6 Å². The third-order valence-electron chi connectivity index (χ3n) is 4.39. The number of anilines is 1. The second-order valence-corrected chi connectivity index (χ2v) is 9.25. The van der Waals surface area contributed by atoms with E-state index in [0.29, 0.717) is 13.0 Å². The van der Waals surface area contributed by atoms with Crippen LogP contribution in [0.15, 0.2) is 48.5 Å². The van der Waals surface area contributed by atoms with Gasteiger partial charge >= 0.3 is 0 Å². The van der Waals surface area contributed by atoms with Crippen molar-refractivity contribution in [1.29, 1.82) is 0 Å². The molecule has 0 bridgehead atoms. The molecule has 0 aromatic heterocycles. The van der Waals surface area contributed by atoms with E-state index in [0.717, 1.165) is 34.4 Å². The van der Waals surface area contributed by atoms with Crippen LogP contribution < -0.4 is 14.4 Å². The lowest BCUT2D eigenvalue weighted by Gasteiger charge is -2.28. The molecule has 0 fully saturated rings. The standard InChI is InChI=1S/C22H29FN2O4S/c1-16(2)29-19-11-7-9-18(15-19)10-8-14-24-22(26)17(3)25(30(4,27)28)21-13-6-5-12-20(21)23/h5-7,9,11-13,15-17H,8,10,14H2,1-4H3,(H,24,26)/t17-/m1/s1. The number of nitrogens with zero attached hydrogens (tertiary/aromatic N) is 1. The Morgan fingerprint density at radius 1 is 1.13 bits per heavy atom. The first kappa shape index (κ1) is 23.7. The highest BCUT2D eigenvalue weighted by Gasteiger charge is 2.30. The van der Waals surface area contributed by atoms with Crippen molar-refractivity contribution in [2.24, 2.45) is 0 Å². The zero-order valence-electron chi connectivity index (χ0n) is 17.8. The number of carbonyl (C=O) groups excluding carboxylic acids is 1. The Balaban J connectivity index is 1.96. The summed E-state index contributed by atoms with van der Waals surface area (Å²) in [6.45, 7) is 5.73. The van der Waals surface area contributed by atoms with Crippen LogP contribution in [0.25, 0.3) is 0 Å². The topological polar surface area (TPSA) is 75.7 Å². The molecule has 0 saturated heterocycles. The predicted octanol–water partition coefficient (Wildman–Crippen LogP) is 3.52. The van der Waals surface area contributed by atoms with Gasteiger partial charge in [0.2, 0.25) is 15.9 Å². The SMILES string of the molecule is CC(C)Oc1cccc(CCCNC(=O)[C@@H](C)N(c2ccccc2F)S(C)(=O)=O)c1. The van der Waals surface area contributed by atoms with Crippen molar-refractivity contribution in [2.75, 3.05) is 17.1 Å². The molecular formula is C22H29FN2O4S. The lowest BCUT2D eigenvalue weighted by atomic mass is 10.1. The highest BCUT2D eigenvalue weighted by Crippen LogP contribution is 2.24. The molecule has 0 radical (unpaired) electrons. The fourth-order valence-electron chi connectivity index (χ4n) is 3.11. The van der Waals surface area contributed by atoms with Gasteiger partial charge in [-0.15, -0.1) is 0 Å². The summed E-state index contributed by atoms with van der Waals surface area (Å²) in [5, 5.41) is 2.74. The minimum atomic E-state index is -3.85. The molecule has 0 aliphatic heterocycles. The lowest BCUT2D eigenvalue weighted by molar-refractivity contribution is -0.121. The van der Waals surface area contributed by atoms with Gasteiger partial charge in [0, 0.05) is 6.54 Å². The van der Waals surface area contributed by atoms with Crippen LogP contribution in [0.4, 0.5) is 10.1 Å². The molecule has 164 valence electrons. The molecule has 0 aliphatic rings. The first-order valence-corrected chi connectivity index (χ1v) is 11.7. The molecule has 1 amide bonds. The molecular weight excluding hydrogens is 407 g/mol. The van der Waals surface area contributed by atoms with Gasteiger partial charge in [0.05, 0.1) is 18.0 Å². The molecule has 1 N–H and O–H groups in total. The predicted molar refractivity (Wildman–Crippen MR) is 117 cm³/mol. The van der Waals surface area contributed by atoms with Crippen molar-refractivity contribution in [1.82, 2.24) is 5.32 Å². The third-order valence-corrected chi connectivity index (χ3v) is 5.62. The largest absolute Gasteiger partial charge is 0.491 e. The summed E-state index contributed by atoms with van der Waals surface area (Å²) in [7, 11) is -3.85. The van der Waals surface area contributed by atoms with Gasteiger partial charge in [-0.3, -0.25) is 9.10 Å². The number of rotatable bonds is 10. The molecule has 0 spiro atoms. The Morgan fingerprint density at radius 3 is 2.47 bits per heavy atom. The monoisotopic (exact) mass is 436 g/mol. The Hall–Kier alpha value is -2.61. The van der Waals surface area contributed by atoms with Crippen LogP contribution >= 0.6 is 0 Å². The number of ether oxygens (including phenoxy) is 1. The van der Waals surface area contributed by atoms with Crippen molar-refractivity contribution in [3.05, 3.63) is 59.9 Å². The molecule has 6 nitrogen and oxygen atoms in total. The van der Waals surface area contributed by atoms with Gasteiger partial charge in [-0.2, -0.15) is 0 Å². The van der Waals surface area contributed by atoms with Crippen LogP contribution in [-0.2, 0) is 21.2 Å². The maximum Gasteiger partial charge on any atom is 0.243 e. The first-order valence-electron chi connectivity index (χ1n) is 9.87. The summed E-state index contributed by atoms with van der Waals surface area (Å²) in [5.74, 6) is -0.388. The van der Waals surface area contributed by atoms with Gasteiger partial charge in [0.25, 0.3) is 0 Å². The van der Waals surface area contributed by atoms with E-state index in [-0.39, 0.29) is 11.8 Å². The second kappa shape index (κ2) is 10.4. The Labute approximate surface area is 178 Å². The number of nitrogens with one attached hydrogen (secondary N) is 1. The number of halogens is 1. The quantitative estimate of drug-likeness (QED) is 0.578. The normalized spacial score (nSPS) is 12.5. The van der Waals surface area contributed by atoms with Crippen molar-refractivity contribution < 1.29 is 22.3 Å². The van der Waals surface area contributed by atoms with E-state index in [4.69, 9.17) is 4.74 Å². The molecule has 1 atom stereocenters. The number of aryl methyl sites for hydroxylation is 1. The number of carbonyl (C=O) groups is 1. The summed E-state index contributed by atoms with van der Waals surface area (Å²) >= 11 is 0. The maximum atomic E-state index is 14.2. The Bertz CT molecular complexity index is 963. The van der Waals surface area contributed by atoms with Crippen LogP contribution in [0.1, 0.15) is 32.8 Å². The van der Waals surface area contributed by atoms with Crippen molar-refractivity contribution in [2.45, 2.75) is 45.8 Å². The number of hydrogen-bond acceptors (Lipinski definition) is 4. The summed E-state index contributed by atoms with van der Waals surface area (Å²) < 4.78 is 45.1. The molecule has 2 aromatic carbocycles. The van der Waals surface area contributed by atoms with Gasteiger partial charge < -0.3 is 10.1 Å².